The molecule has 0 nitrogen and oxygen atoms in total. The van der Waals surface area contributed by atoms with Crippen LogP contribution in [0, 0.1) is 13.8 Å². The first-order valence-electron chi connectivity index (χ1n) is 6.98. The molecule has 3 aromatic rings. The highest BCUT2D eigenvalue weighted by Crippen LogP contribution is 2.31. The number of hydrogen-bond donors (Lipinski definition) is 0. The fourth-order valence-corrected chi connectivity index (χ4v) is 2.71. The van der Waals surface area contributed by atoms with Crippen LogP contribution in [0.2, 0.25) is 0 Å². The van der Waals surface area contributed by atoms with Gasteiger partial charge in [-0.15, -0.1) is 0 Å². The zero-order chi connectivity index (χ0) is 13.9. The van der Waals surface area contributed by atoms with Gasteiger partial charge in [0.25, 0.3) is 0 Å². The van der Waals surface area contributed by atoms with Gasteiger partial charge in [0.2, 0.25) is 0 Å². The Kier molecular flexibility index (Phi) is 3.39. The van der Waals surface area contributed by atoms with E-state index in [0.717, 1.165) is 0 Å². The molecular weight excluding hydrogens is 240 g/mol. The van der Waals surface area contributed by atoms with Crippen molar-refractivity contribution in [2.75, 3.05) is 0 Å². The summed E-state index contributed by atoms with van der Waals surface area (Å²) in [4.78, 5) is 0. The second-order valence-electron chi connectivity index (χ2n) is 5.21. The van der Waals surface area contributed by atoms with E-state index >= 15 is 0 Å². The van der Waals surface area contributed by atoms with Gasteiger partial charge < -0.3 is 0 Å². The molecule has 0 unspecified atom stereocenters. The van der Waals surface area contributed by atoms with Gasteiger partial charge in [0.05, 0.1) is 0 Å². The van der Waals surface area contributed by atoms with E-state index in [4.69, 9.17) is 0 Å². The van der Waals surface area contributed by atoms with Gasteiger partial charge in [-0.2, -0.15) is 0 Å². The Hall–Kier alpha value is -2.34. The number of hydrogen-bond acceptors (Lipinski definition) is 0. The summed E-state index contributed by atoms with van der Waals surface area (Å²) in [5.74, 6) is 0. The van der Waals surface area contributed by atoms with E-state index < -0.39 is 0 Å². The van der Waals surface area contributed by atoms with Crippen molar-refractivity contribution < 1.29 is 0 Å². The summed E-state index contributed by atoms with van der Waals surface area (Å²) in [6.07, 6.45) is 0. The first kappa shape index (κ1) is 12.7. The zero-order valence-electron chi connectivity index (χ0n) is 11.9. The highest BCUT2D eigenvalue weighted by atomic mass is 14.1. The molecule has 0 saturated heterocycles. The van der Waals surface area contributed by atoms with Crippen LogP contribution in [0.25, 0.3) is 22.3 Å². The van der Waals surface area contributed by atoms with Crippen molar-refractivity contribution in [3.63, 3.8) is 0 Å². The van der Waals surface area contributed by atoms with Gasteiger partial charge in [0.1, 0.15) is 0 Å². The molecule has 3 rings (SSSR count). The summed E-state index contributed by atoms with van der Waals surface area (Å²) in [7, 11) is 0. The largest absolute Gasteiger partial charge is 0.0622 e. The number of benzene rings is 3. The van der Waals surface area contributed by atoms with Crippen LogP contribution < -0.4 is 0 Å². The number of aryl methyl sites for hydroxylation is 2. The van der Waals surface area contributed by atoms with E-state index in [0.29, 0.717) is 0 Å². The summed E-state index contributed by atoms with van der Waals surface area (Å²) in [5, 5.41) is 0. The Morgan fingerprint density at radius 2 is 0.900 bits per heavy atom. The second-order valence-corrected chi connectivity index (χ2v) is 5.21. The molecule has 3 aromatic carbocycles. The minimum atomic E-state index is 1.28. The van der Waals surface area contributed by atoms with E-state index in [2.05, 4.69) is 86.6 Å². The maximum atomic E-state index is 2.31. The van der Waals surface area contributed by atoms with Gasteiger partial charge in [0, 0.05) is 0 Å². The first-order valence-corrected chi connectivity index (χ1v) is 6.98. The van der Waals surface area contributed by atoms with Crippen LogP contribution in [0.4, 0.5) is 0 Å². The molecule has 0 aliphatic rings. The standard InChI is InChI=1S/C20H18/c1-15-13-16(2)20(18-11-7-4-8-12-18)14-19(15)17-9-5-3-6-10-17/h3-14H,1-2H3. The van der Waals surface area contributed by atoms with E-state index in [1.165, 1.54) is 33.4 Å². The predicted molar refractivity (Wildman–Crippen MR) is 86.8 cm³/mol. The Bertz CT molecular complexity index is 649. The van der Waals surface area contributed by atoms with Gasteiger partial charge in [0.15, 0.2) is 0 Å². The lowest BCUT2D eigenvalue weighted by Crippen LogP contribution is -1.89. The minimum absolute atomic E-state index is 1.28. The van der Waals surface area contributed by atoms with Crippen LogP contribution >= 0.6 is 0 Å². The normalized spacial score (nSPS) is 10.5. The summed E-state index contributed by atoms with van der Waals surface area (Å²) in [6.45, 7) is 4.37. The van der Waals surface area contributed by atoms with Crippen LogP contribution in [0.1, 0.15) is 11.1 Å². The molecule has 98 valence electrons. The minimum Gasteiger partial charge on any atom is -0.0622 e. The van der Waals surface area contributed by atoms with Crippen molar-refractivity contribution >= 4 is 0 Å². The summed E-state index contributed by atoms with van der Waals surface area (Å²) in [5.41, 5.74) is 7.84. The third-order valence-corrected chi connectivity index (χ3v) is 3.74. The molecule has 20 heavy (non-hydrogen) atoms. The molecule has 0 bridgehead atoms. The van der Waals surface area contributed by atoms with Crippen molar-refractivity contribution in [3.05, 3.63) is 83.9 Å². The maximum absolute atomic E-state index is 2.31. The monoisotopic (exact) mass is 258 g/mol. The third kappa shape index (κ3) is 2.37. The average molecular weight is 258 g/mol. The van der Waals surface area contributed by atoms with Gasteiger partial charge >= 0.3 is 0 Å². The van der Waals surface area contributed by atoms with Crippen LogP contribution in [-0.4, -0.2) is 0 Å². The van der Waals surface area contributed by atoms with Crippen LogP contribution in [0.3, 0.4) is 0 Å². The van der Waals surface area contributed by atoms with Gasteiger partial charge in [-0.25, -0.2) is 0 Å². The van der Waals surface area contributed by atoms with Gasteiger partial charge in [-0.3, -0.25) is 0 Å². The molecule has 0 fully saturated rings. The molecular formula is C20H18. The molecule has 0 amide bonds. The van der Waals surface area contributed by atoms with E-state index in [1.807, 2.05) is 0 Å². The van der Waals surface area contributed by atoms with Gasteiger partial charge in [-0.05, 0) is 53.3 Å². The molecule has 0 aliphatic heterocycles. The lowest BCUT2D eigenvalue weighted by molar-refractivity contribution is 1.38. The molecule has 0 heterocycles. The lowest BCUT2D eigenvalue weighted by Gasteiger charge is -2.13. The zero-order valence-corrected chi connectivity index (χ0v) is 11.9. The Morgan fingerprint density at radius 3 is 1.30 bits per heavy atom. The molecule has 0 radical (unpaired) electrons. The highest BCUT2D eigenvalue weighted by molar-refractivity contribution is 5.77. The topological polar surface area (TPSA) is 0 Å². The first-order chi connectivity index (χ1) is 9.75. The third-order valence-electron chi connectivity index (χ3n) is 3.74. The Morgan fingerprint density at radius 1 is 0.500 bits per heavy atom. The van der Waals surface area contributed by atoms with Crippen molar-refractivity contribution in [1.82, 2.24) is 0 Å². The van der Waals surface area contributed by atoms with Gasteiger partial charge in [-0.1, -0.05) is 66.7 Å². The molecule has 0 aliphatic carbocycles. The Labute approximate surface area is 120 Å². The van der Waals surface area contributed by atoms with Crippen molar-refractivity contribution in [3.8, 4) is 22.3 Å². The van der Waals surface area contributed by atoms with Crippen molar-refractivity contribution in [2.45, 2.75) is 13.8 Å². The fraction of sp³-hybridized carbons (Fsp3) is 0.100. The summed E-state index contributed by atoms with van der Waals surface area (Å²) in [6, 6.07) is 25.8. The molecule has 0 N–H and O–H groups in total. The molecule has 0 heteroatoms. The van der Waals surface area contributed by atoms with E-state index in [1.54, 1.807) is 0 Å². The predicted octanol–water partition coefficient (Wildman–Crippen LogP) is 5.64. The Balaban J connectivity index is 2.19. The lowest BCUT2D eigenvalue weighted by atomic mass is 9.92. The van der Waals surface area contributed by atoms with E-state index in [-0.39, 0.29) is 0 Å². The second kappa shape index (κ2) is 5.34. The van der Waals surface area contributed by atoms with Crippen LogP contribution in [0.5, 0.6) is 0 Å². The van der Waals surface area contributed by atoms with Crippen molar-refractivity contribution in [1.29, 1.82) is 0 Å². The van der Waals surface area contributed by atoms with Crippen LogP contribution in [0.15, 0.2) is 72.8 Å². The van der Waals surface area contributed by atoms with E-state index in [9.17, 15) is 0 Å². The SMILES string of the molecule is Cc1cc(C)c(-c2ccccc2)cc1-c1ccccc1. The summed E-state index contributed by atoms with van der Waals surface area (Å²) >= 11 is 0. The fourth-order valence-electron chi connectivity index (χ4n) is 2.71. The molecule has 0 spiro atoms. The smallest absolute Gasteiger partial charge is 0.0148 e. The quantitative estimate of drug-likeness (QED) is 0.558. The number of rotatable bonds is 2. The molecule has 0 aromatic heterocycles. The molecule has 0 atom stereocenters. The summed E-state index contributed by atoms with van der Waals surface area (Å²) < 4.78 is 0. The maximum Gasteiger partial charge on any atom is -0.0148 e. The van der Waals surface area contributed by atoms with Crippen LogP contribution in [-0.2, 0) is 0 Å². The highest BCUT2D eigenvalue weighted by Gasteiger charge is 2.07. The average Bonchev–Trinajstić information content (AvgIpc) is 2.49. The van der Waals surface area contributed by atoms with Crippen molar-refractivity contribution in [2.24, 2.45) is 0 Å². The molecule has 0 saturated carbocycles.